The predicted molar refractivity (Wildman–Crippen MR) is 126 cm³/mol. The highest BCUT2D eigenvalue weighted by Crippen LogP contribution is 2.18. The van der Waals surface area contributed by atoms with Crippen molar-refractivity contribution < 1.29 is 21.6 Å². The first-order chi connectivity index (χ1) is 15.5. The van der Waals surface area contributed by atoms with E-state index < -0.39 is 20.0 Å². The lowest BCUT2D eigenvalue weighted by Crippen LogP contribution is -2.26. The molecule has 1 atom stereocenters. The van der Waals surface area contributed by atoms with Gasteiger partial charge in [0.2, 0.25) is 26.0 Å². The lowest BCUT2D eigenvalue weighted by Gasteiger charge is -2.15. The van der Waals surface area contributed by atoms with E-state index in [1.807, 2.05) is 30.3 Å². The maximum atomic E-state index is 12.7. The van der Waals surface area contributed by atoms with Gasteiger partial charge in [0.15, 0.2) is 0 Å². The van der Waals surface area contributed by atoms with Crippen molar-refractivity contribution in [1.29, 1.82) is 0 Å². The van der Waals surface area contributed by atoms with Gasteiger partial charge in [0.1, 0.15) is 0 Å². The van der Waals surface area contributed by atoms with Crippen molar-refractivity contribution in [3.8, 4) is 0 Å². The van der Waals surface area contributed by atoms with Crippen molar-refractivity contribution in [2.24, 2.45) is 5.14 Å². The number of aryl methyl sites for hydroxylation is 1. The molecule has 0 fully saturated rings. The first-order valence-electron chi connectivity index (χ1n) is 10.1. The lowest BCUT2D eigenvalue weighted by molar-refractivity contribution is -0.116. The quantitative estimate of drug-likeness (QED) is 0.426. The summed E-state index contributed by atoms with van der Waals surface area (Å²) in [6, 6.07) is 20.8. The molecule has 0 unspecified atom stereocenters. The highest BCUT2D eigenvalue weighted by molar-refractivity contribution is 7.89. The SMILES string of the molecule is C[C@H](NS(=O)(=O)c1ccc(CCC(=O)Nc2ccc(S(N)(=O)=O)cc2)cc1)c1ccccc1. The van der Waals surface area contributed by atoms with Crippen LogP contribution in [0.3, 0.4) is 0 Å². The van der Waals surface area contributed by atoms with Crippen LogP contribution in [0, 0.1) is 0 Å². The molecule has 8 nitrogen and oxygen atoms in total. The van der Waals surface area contributed by atoms with Crippen molar-refractivity contribution in [2.75, 3.05) is 5.32 Å². The molecule has 0 saturated heterocycles. The van der Waals surface area contributed by atoms with Crippen LogP contribution in [-0.4, -0.2) is 22.7 Å². The minimum atomic E-state index is -3.79. The highest BCUT2D eigenvalue weighted by Gasteiger charge is 2.18. The zero-order valence-corrected chi connectivity index (χ0v) is 19.6. The van der Waals surface area contributed by atoms with Gasteiger partial charge < -0.3 is 5.32 Å². The normalized spacial score (nSPS) is 12.8. The average molecular weight is 488 g/mol. The minimum Gasteiger partial charge on any atom is -0.326 e. The molecular formula is C23H25N3O5S2. The van der Waals surface area contributed by atoms with E-state index in [9.17, 15) is 21.6 Å². The van der Waals surface area contributed by atoms with E-state index in [1.165, 1.54) is 36.4 Å². The maximum Gasteiger partial charge on any atom is 0.241 e. The van der Waals surface area contributed by atoms with Crippen LogP contribution in [-0.2, 0) is 31.3 Å². The second-order valence-corrected chi connectivity index (χ2v) is 10.8. The summed E-state index contributed by atoms with van der Waals surface area (Å²) >= 11 is 0. The van der Waals surface area contributed by atoms with Gasteiger partial charge in [0.25, 0.3) is 0 Å². The molecule has 0 aliphatic carbocycles. The van der Waals surface area contributed by atoms with Crippen LogP contribution in [0.5, 0.6) is 0 Å². The van der Waals surface area contributed by atoms with Crippen LogP contribution in [0.2, 0.25) is 0 Å². The van der Waals surface area contributed by atoms with Crippen LogP contribution in [0.1, 0.15) is 30.5 Å². The van der Waals surface area contributed by atoms with Gasteiger partial charge in [-0.15, -0.1) is 0 Å². The monoisotopic (exact) mass is 487 g/mol. The molecule has 3 rings (SSSR count). The number of sulfonamides is 2. The highest BCUT2D eigenvalue weighted by atomic mass is 32.2. The summed E-state index contributed by atoms with van der Waals surface area (Å²) in [5, 5.41) is 7.73. The molecule has 0 radical (unpaired) electrons. The number of anilines is 1. The van der Waals surface area contributed by atoms with Gasteiger partial charge in [0.05, 0.1) is 9.79 Å². The molecule has 0 saturated carbocycles. The Bertz CT molecular complexity index is 1310. The van der Waals surface area contributed by atoms with Crippen molar-refractivity contribution in [2.45, 2.75) is 35.6 Å². The summed E-state index contributed by atoms with van der Waals surface area (Å²) in [7, 11) is -7.48. The molecule has 4 N–H and O–H groups in total. The first-order valence-corrected chi connectivity index (χ1v) is 13.2. The molecule has 0 aliphatic rings. The van der Waals surface area contributed by atoms with E-state index in [0.29, 0.717) is 12.1 Å². The smallest absolute Gasteiger partial charge is 0.241 e. The number of rotatable bonds is 9. The molecule has 174 valence electrons. The molecule has 0 aliphatic heterocycles. The Labute approximate surface area is 193 Å². The summed E-state index contributed by atoms with van der Waals surface area (Å²) in [5.74, 6) is -0.256. The van der Waals surface area contributed by atoms with Gasteiger partial charge in [-0.05, 0) is 60.9 Å². The standard InChI is InChI=1S/C23H25N3O5S2/c1-17(19-5-3-2-4-6-19)26-33(30,31)22-12-7-18(8-13-22)9-16-23(27)25-20-10-14-21(15-11-20)32(24,28)29/h2-8,10-15,17,26H,9,16H2,1H3,(H,25,27)(H2,24,28,29)/t17-/m0/s1. The zero-order chi connectivity index (χ0) is 24.1. The summed E-state index contributed by atoms with van der Waals surface area (Å²) < 4.78 is 50.5. The molecular weight excluding hydrogens is 462 g/mol. The number of nitrogens with one attached hydrogen (secondary N) is 2. The molecule has 0 bridgehead atoms. The number of carbonyl (C=O) groups excluding carboxylic acids is 1. The number of primary sulfonamides is 1. The number of carbonyl (C=O) groups is 1. The van der Waals surface area contributed by atoms with E-state index in [2.05, 4.69) is 10.0 Å². The number of amides is 1. The maximum absolute atomic E-state index is 12.7. The summed E-state index contributed by atoms with van der Waals surface area (Å²) in [4.78, 5) is 12.3. The second kappa shape index (κ2) is 10.3. The summed E-state index contributed by atoms with van der Waals surface area (Å²) in [5.41, 5.74) is 2.13. The Balaban J connectivity index is 1.55. The summed E-state index contributed by atoms with van der Waals surface area (Å²) in [6.45, 7) is 1.78. The van der Waals surface area contributed by atoms with Crippen molar-refractivity contribution in [3.63, 3.8) is 0 Å². The van der Waals surface area contributed by atoms with Gasteiger partial charge in [-0.1, -0.05) is 42.5 Å². The number of hydrogen-bond donors (Lipinski definition) is 3. The molecule has 0 aromatic heterocycles. The van der Waals surface area contributed by atoms with Gasteiger partial charge in [-0.2, -0.15) is 0 Å². The van der Waals surface area contributed by atoms with E-state index >= 15 is 0 Å². The molecule has 33 heavy (non-hydrogen) atoms. The predicted octanol–water partition coefficient (Wildman–Crippen LogP) is 2.94. The lowest BCUT2D eigenvalue weighted by atomic mass is 10.1. The Morgan fingerprint density at radius 1 is 0.848 bits per heavy atom. The fourth-order valence-electron chi connectivity index (χ4n) is 3.16. The fourth-order valence-corrected chi connectivity index (χ4v) is 4.90. The topological polar surface area (TPSA) is 135 Å². The molecule has 0 spiro atoms. The third kappa shape index (κ3) is 6.96. The molecule has 1 amide bonds. The van der Waals surface area contributed by atoms with Gasteiger partial charge in [-0.3, -0.25) is 4.79 Å². The third-order valence-electron chi connectivity index (χ3n) is 4.97. The third-order valence-corrected chi connectivity index (χ3v) is 7.46. The molecule has 0 heterocycles. The Hall–Kier alpha value is -3.05. The fraction of sp³-hybridized carbons (Fsp3) is 0.174. The first kappa shape index (κ1) is 24.6. The Kier molecular flexibility index (Phi) is 7.65. The number of nitrogens with two attached hydrogens (primary N) is 1. The number of hydrogen-bond acceptors (Lipinski definition) is 5. The van der Waals surface area contributed by atoms with Crippen LogP contribution in [0.15, 0.2) is 88.7 Å². The number of benzene rings is 3. The van der Waals surface area contributed by atoms with Gasteiger partial charge in [-0.25, -0.2) is 26.7 Å². The average Bonchev–Trinajstić information content (AvgIpc) is 2.78. The van der Waals surface area contributed by atoms with Crippen molar-refractivity contribution in [1.82, 2.24) is 4.72 Å². The largest absolute Gasteiger partial charge is 0.326 e. The van der Waals surface area contributed by atoms with E-state index in [-0.39, 0.29) is 28.2 Å². The van der Waals surface area contributed by atoms with E-state index in [4.69, 9.17) is 5.14 Å². The molecule has 10 heteroatoms. The summed E-state index contributed by atoms with van der Waals surface area (Å²) in [6.07, 6.45) is 0.585. The van der Waals surface area contributed by atoms with Crippen LogP contribution >= 0.6 is 0 Å². The molecule has 3 aromatic rings. The van der Waals surface area contributed by atoms with Gasteiger partial charge in [0, 0.05) is 18.2 Å². The van der Waals surface area contributed by atoms with Crippen LogP contribution < -0.4 is 15.2 Å². The van der Waals surface area contributed by atoms with Crippen molar-refractivity contribution in [3.05, 3.63) is 90.0 Å². The zero-order valence-electron chi connectivity index (χ0n) is 17.9. The van der Waals surface area contributed by atoms with E-state index in [1.54, 1.807) is 19.1 Å². The molecule has 3 aromatic carbocycles. The Morgan fingerprint density at radius 3 is 2.00 bits per heavy atom. The second-order valence-electron chi connectivity index (χ2n) is 7.52. The van der Waals surface area contributed by atoms with Crippen LogP contribution in [0.25, 0.3) is 0 Å². The van der Waals surface area contributed by atoms with Crippen molar-refractivity contribution >= 4 is 31.6 Å². The minimum absolute atomic E-state index is 0.0387. The van der Waals surface area contributed by atoms with Gasteiger partial charge >= 0.3 is 0 Å². The van der Waals surface area contributed by atoms with Crippen LogP contribution in [0.4, 0.5) is 5.69 Å². The Morgan fingerprint density at radius 2 is 1.42 bits per heavy atom. The van der Waals surface area contributed by atoms with E-state index in [0.717, 1.165) is 11.1 Å².